The van der Waals surface area contributed by atoms with Gasteiger partial charge in [0.1, 0.15) is 0 Å². The van der Waals surface area contributed by atoms with Crippen LogP contribution in [0.1, 0.15) is 26.2 Å². The Kier molecular flexibility index (Phi) is 0.992. The fourth-order valence-corrected chi connectivity index (χ4v) is 2.35. The van der Waals surface area contributed by atoms with Gasteiger partial charge in [-0.2, -0.15) is 0 Å². The maximum absolute atomic E-state index is 4.01. The summed E-state index contributed by atoms with van der Waals surface area (Å²) in [6.45, 7) is 6.32. The van der Waals surface area contributed by atoms with E-state index in [-0.39, 0.29) is 0 Å². The summed E-state index contributed by atoms with van der Waals surface area (Å²) in [7, 11) is 0. The van der Waals surface area contributed by atoms with Gasteiger partial charge < -0.3 is 0 Å². The Bertz CT molecular complexity index is 146. The van der Waals surface area contributed by atoms with Crippen molar-refractivity contribution in [2.24, 2.45) is 17.8 Å². The third-order valence-corrected chi connectivity index (χ3v) is 3.23. The Morgan fingerprint density at radius 3 is 2.78 bits per heavy atom. The maximum Gasteiger partial charge on any atom is -0.0169 e. The molecule has 0 aliphatic heterocycles. The van der Waals surface area contributed by atoms with Gasteiger partial charge in [0, 0.05) is 0 Å². The highest BCUT2D eigenvalue weighted by molar-refractivity contribution is 5.21. The third kappa shape index (κ3) is 0.540. The Labute approximate surface area is 57.0 Å². The van der Waals surface area contributed by atoms with Gasteiger partial charge in [-0.1, -0.05) is 25.5 Å². The third-order valence-electron chi connectivity index (χ3n) is 3.23. The largest absolute Gasteiger partial charge is 0.0996 e. The van der Waals surface area contributed by atoms with Crippen molar-refractivity contribution >= 4 is 0 Å². The van der Waals surface area contributed by atoms with Crippen LogP contribution in [0.15, 0.2) is 12.2 Å². The number of fused-ring (bicyclic) bond motifs is 1. The molecule has 0 amide bonds. The lowest BCUT2D eigenvalue weighted by Gasteiger charge is -2.54. The molecule has 0 nitrogen and oxygen atoms in total. The molecule has 0 bridgehead atoms. The van der Waals surface area contributed by atoms with Gasteiger partial charge in [-0.25, -0.2) is 0 Å². The molecule has 0 heterocycles. The summed E-state index contributed by atoms with van der Waals surface area (Å²) in [6.07, 6.45) is 4.21. The van der Waals surface area contributed by atoms with Crippen LogP contribution in [0.4, 0.5) is 0 Å². The van der Waals surface area contributed by atoms with E-state index in [1.54, 1.807) is 0 Å². The number of rotatable bonds is 1. The molecule has 0 aromatic carbocycles. The van der Waals surface area contributed by atoms with Crippen LogP contribution in [-0.2, 0) is 0 Å². The van der Waals surface area contributed by atoms with Crippen LogP contribution in [0.25, 0.3) is 0 Å². The predicted octanol–water partition coefficient (Wildman–Crippen LogP) is 2.61. The van der Waals surface area contributed by atoms with Crippen molar-refractivity contribution < 1.29 is 0 Å². The summed E-state index contributed by atoms with van der Waals surface area (Å²) in [5, 5.41) is 0. The van der Waals surface area contributed by atoms with Gasteiger partial charge in [-0.05, 0) is 30.6 Å². The molecule has 2 aliphatic rings. The number of hydrogen-bond acceptors (Lipinski definition) is 0. The van der Waals surface area contributed by atoms with Gasteiger partial charge in [-0.15, -0.1) is 0 Å². The molecule has 0 aromatic heterocycles. The topological polar surface area (TPSA) is 0 Å². The molecule has 2 saturated carbocycles. The summed E-state index contributed by atoms with van der Waals surface area (Å²) < 4.78 is 0. The highest BCUT2D eigenvalue weighted by Gasteiger charge is 2.48. The SMILES string of the molecule is C=C1CC2C(CC)CC12. The van der Waals surface area contributed by atoms with Gasteiger partial charge in [0.2, 0.25) is 0 Å². The van der Waals surface area contributed by atoms with Gasteiger partial charge >= 0.3 is 0 Å². The fourth-order valence-electron chi connectivity index (χ4n) is 2.35. The first-order valence-electron chi connectivity index (χ1n) is 4.00. The minimum Gasteiger partial charge on any atom is -0.0996 e. The molecule has 0 spiro atoms. The fraction of sp³-hybridized carbons (Fsp3) is 0.778. The van der Waals surface area contributed by atoms with Crippen LogP contribution in [0.5, 0.6) is 0 Å². The van der Waals surface area contributed by atoms with Crippen molar-refractivity contribution in [3.05, 3.63) is 12.2 Å². The second kappa shape index (κ2) is 1.62. The first-order chi connectivity index (χ1) is 4.33. The van der Waals surface area contributed by atoms with Crippen LogP contribution in [-0.4, -0.2) is 0 Å². The molecule has 0 saturated heterocycles. The molecular formula is C9H14. The summed E-state index contributed by atoms with van der Waals surface area (Å²) in [5.74, 6) is 3.11. The van der Waals surface area contributed by atoms with Gasteiger partial charge in [0.15, 0.2) is 0 Å². The van der Waals surface area contributed by atoms with E-state index in [9.17, 15) is 0 Å². The second-order valence-corrected chi connectivity index (χ2v) is 3.54. The first kappa shape index (κ1) is 5.52. The lowest BCUT2D eigenvalue weighted by molar-refractivity contribution is 0.0340. The van der Waals surface area contributed by atoms with Gasteiger partial charge in [-0.3, -0.25) is 0 Å². The van der Waals surface area contributed by atoms with Gasteiger partial charge in [0.05, 0.1) is 0 Å². The molecule has 9 heavy (non-hydrogen) atoms. The van der Waals surface area contributed by atoms with E-state index in [1.165, 1.54) is 24.8 Å². The molecule has 0 aromatic rings. The number of hydrogen-bond donors (Lipinski definition) is 0. The maximum atomic E-state index is 4.01. The zero-order valence-corrected chi connectivity index (χ0v) is 6.06. The highest BCUT2D eigenvalue weighted by atomic mass is 14.5. The molecular weight excluding hydrogens is 108 g/mol. The predicted molar refractivity (Wildman–Crippen MR) is 39.1 cm³/mol. The molecule has 0 radical (unpaired) electrons. The molecule has 3 atom stereocenters. The molecule has 2 fully saturated rings. The van der Waals surface area contributed by atoms with Crippen LogP contribution in [0, 0.1) is 17.8 Å². The molecule has 2 aliphatic carbocycles. The monoisotopic (exact) mass is 122 g/mol. The van der Waals surface area contributed by atoms with Crippen molar-refractivity contribution in [1.82, 2.24) is 0 Å². The summed E-state index contributed by atoms with van der Waals surface area (Å²) in [4.78, 5) is 0. The summed E-state index contributed by atoms with van der Waals surface area (Å²) in [5.41, 5.74) is 1.53. The summed E-state index contributed by atoms with van der Waals surface area (Å²) >= 11 is 0. The van der Waals surface area contributed by atoms with Crippen LogP contribution < -0.4 is 0 Å². The Balaban J connectivity index is 1.95. The Hall–Kier alpha value is -0.260. The quantitative estimate of drug-likeness (QED) is 0.469. The zero-order valence-electron chi connectivity index (χ0n) is 6.06. The Morgan fingerprint density at radius 1 is 1.67 bits per heavy atom. The van der Waals surface area contributed by atoms with E-state index in [0.717, 1.165) is 17.8 Å². The van der Waals surface area contributed by atoms with E-state index in [1.807, 2.05) is 0 Å². The van der Waals surface area contributed by atoms with Crippen molar-refractivity contribution in [2.75, 3.05) is 0 Å². The molecule has 0 N–H and O–H groups in total. The minimum atomic E-state index is 0.968. The van der Waals surface area contributed by atoms with E-state index in [2.05, 4.69) is 13.5 Å². The normalized spacial score (nSPS) is 47.2. The lowest BCUT2D eigenvalue weighted by atomic mass is 9.50. The zero-order chi connectivity index (χ0) is 6.43. The van der Waals surface area contributed by atoms with E-state index in [0.29, 0.717) is 0 Å². The van der Waals surface area contributed by atoms with E-state index in [4.69, 9.17) is 0 Å². The van der Waals surface area contributed by atoms with Crippen molar-refractivity contribution in [1.29, 1.82) is 0 Å². The molecule has 0 heteroatoms. The standard InChI is InChI=1S/C9H14/c1-3-7-5-8-6(2)4-9(7)8/h7-9H,2-5H2,1H3. The van der Waals surface area contributed by atoms with Crippen LogP contribution in [0.2, 0.25) is 0 Å². The molecule has 2 rings (SSSR count). The van der Waals surface area contributed by atoms with Crippen molar-refractivity contribution in [3.8, 4) is 0 Å². The van der Waals surface area contributed by atoms with Crippen LogP contribution in [0.3, 0.4) is 0 Å². The van der Waals surface area contributed by atoms with Crippen molar-refractivity contribution in [2.45, 2.75) is 26.2 Å². The smallest absolute Gasteiger partial charge is 0.0169 e. The van der Waals surface area contributed by atoms with E-state index >= 15 is 0 Å². The van der Waals surface area contributed by atoms with Crippen molar-refractivity contribution in [3.63, 3.8) is 0 Å². The molecule has 3 unspecified atom stereocenters. The minimum absolute atomic E-state index is 0.968. The first-order valence-corrected chi connectivity index (χ1v) is 4.00. The Morgan fingerprint density at radius 2 is 2.44 bits per heavy atom. The number of allylic oxidation sites excluding steroid dienone is 1. The second-order valence-electron chi connectivity index (χ2n) is 3.54. The van der Waals surface area contributed by atoms with Gasteiger partial charge in [0.25, 0.3) is 0 Å². The average Bonchev–Trinajstić information content (AvgIpc) is 1.83. The highest BCUT2D eigenvalue weighted by Crippen LogP contribution is 2.57. The van der Waals surface area contributed by atoms with Crippen LogP contribution >= 0.6 is 0 Å². The average molecular weight is 122 g/mol. The van der Waals surface area contributed by atoms with E-state index < -0.39 is 0 Å². The summed E-state index contributed by atoms with van der Waals surface area (Å²) in [6, 6.07) is 0. The molecule has 50 valence electrons. The lowest BCUT2D eigenvalue weighted by Crippen LogP contribution is -2.45.